The van der Waals surface area contributed by atoms with Crippen LogP contribution in [0.4, 0.5) is 5.69 Å². The molecule has 0 saturated heterocycles. The highest BCUT2D eigenvalue weighted by molar-refractivity contribution is 7.92. The van der Waals surface area contributed by atoms with Gasteiger partial charge in [0.25, 0.3) is 10.0 Å². The van der Waals surface area contributed by atoms with Crippen LogP contribution in [0.3, 0.4) is 0 Å². The zero-order chi connectivity index (χ0) is 13.0. The van der Waals surface area contributed by atoms with Crippen molar-refractivity contribution < 1.29 is 8.42 Å². The fourth-order valence-electron chi connectivity index (χ4n) is 1.51. The first-order chi connectivity index (χ1) is 8.63. The summed E-state index contributed by atoms with van der Waals surface area (Å²) in [6.45, 7) is 0. The van der Waals surface area contributed by atoms with Crippen LogP contribution in [0.5, 0.6) is 0 Å². The number of nitrogens with zero attached hydrogens (tertiary/aromatic N) is 1. The summed E-state index contributed by atoms with van der Waals surface area (Å²) in [5.41, 5.74) is 0.589. The van der Waals surface area contributed by atoms with Gasteiger partial charge in [0.15, 0.2) is 0 Å². The Balaban J connectivity index is 2.41. The minimum absolute atomic E-state index is 0.0173. The van der Waals surface area contributed by atoms with E-state index in [1.54, 1.807) is 42.5 Å². The summed E-state index contributed by atoms with van der Waals surface area (Å²) in [4.78, 5) is -0.0173. The molecule has 1 N–H and O–H groups in total. The molecule has 5 heteroatoms. The van der Waals surface area contributed by atoms with Crippen LogP contribution < -0.4 is 4.72 Å². The molecule has 2 aromatic rings. The van der Waals surface area contributed by atoms with E-state index in [1.807, 2.05) is 6.07 Å². The van der Waals surface area contributed by atoms with Crippen molar-refractivity contribution in [2.45, 2.75) is 4.90 Å². The number of benzene rings is 2. The SMILES string of the molecule is N#Cc1ccccc1S(=O)(=O)Nc1ccccc1. The van der Waals surface area contributed by atoms with Crippen LogP contribution in [0.25, 0.3) is 0 Å². The second kappa shape index (κ2) is 4.90. The Morgan fingerprint density at radius 1 is 0.944 bits per heavy atom. The molecule has 4 nitrogen and oxygen atoms in total. The lowest BCUT2D eigenvalue weighted by atomic mass is 10.2. The molecule has 0 aliphatic carbocycles. The summed E-state index contributed by atoms with van der Waals surface area (Å²) in [6.07, 6.45) is 0. The van der Waals surface area contributed by atoms with Crippen molar-refractivity contribution in [3.05, 3.63) is 60.2 Å². The summed E-state index contributed by atoms with van der Waals surface area (Å²) in [5.74, 6) is 0. The number of anilines is 1. The van der Waals surface area contributed by atoms with Crippen LogP contribution >= 0.6 is 0 Å². The first kappa shape index (κ1) is 12.1. The molecule has 0 aliphatic rings. The van der Waals surface area contributed by atoms with Crippen molar-refractivity contribution in [2.75, 3.05) is 4.72 Å². The maximum Gasteiger partial charge on any atom is 0.263 e. The van der Waals surface area contributed by atoms with Gasteiger partial charge in [0.1, 0.15) is 11.0 Å². The summed E-state index contributed by atoms with van der Waals surface area (Å²) in [5, 5.41) is 8.91. The minimum atomic E-state index is -3.73. The zero-order valence-electron chi connectivity index (χ0n) is 9.37. The summed E-state index contributed by atoms with van der Waals surface area (Å²) < 4.78 is 26.7. The molecule has 0 aromatic heterocycles. The number of hydrogen-bond acceptors (Lipinski definition) is 3. The minimum Gasteiger partial charge on any atom is -0.280 e. The number of nitrogens with one attached hydrogen (secondary N) is 1. The van der Waals surface area contributed by atoms with E-state index in [1.165, 1.54) is 12.1 Å². The lowest BCUT2D eigenvalue weighted by molar-refractivity contribution is 0.601. The molecule has 2 aromatic carbocycles. The number of hydrogen-bond donors (Lipinski definition) is 1. The molecule has 0 spiro atoms. The standard InChI is InChI=1S/C13H10N2O2S/c14-10-11-6-4-5-9-13(11)18(16,17)15-12-7-2-1-3-8-12/h1-9,15H. The molecule has 18 heavy (non-hydrogen) atoms. The monoisotopic (exact) mass is 258 g/mol. The van der Waals surface area contributed by atoms with Crippen LogP contribution in [-0.2, 0) is 10.0 Å². The van der Waals surface area contributed by atoms with Gasteiger partial charge in [-0.2, -0.15) is 5.26 Å². The molecule has 0 saturated carbocycles. The van der Waals surface area contributed by atoms with E-state index in [0.29, 0.717) is 5.69 Å². The van der Waals surface area contributed by atoms with Gasteiger partial charge in [0, 0.05) is 5.69 Å². The Labute approximate surface area is 106 Å². The third-order valence-corrected chi connectivity index (χ3v) is 3.76. The van der Waals surface area contributed by atoms with E-state index in [2.05, 4.69) is 4.72 Å². The molecule has 0 bridgehead atoms. The highest BCUT2D eigenvalue weighted by Gasteiger charge is 2.17. The number of sulfonamides is 1. The number of nitriles is 1. The normalized spacial score (nSPS) is 10.6. The average molecular weight is 258 g/mol. The van der Waals surface area contributed by atoms with E-state index >= 15 is 0 Å². The van der Waals surface area contributed by atoms with E-state index in [-0.39, 0.29) is 10.5 Å². The molecule has 0 fully saturated rings. The number of rotatable bonds is 3. The summed E-state index contributed by atoms with van der Waals surface area (Å²) in [6, 6.07) is 16.5. The molecule has 0 radical (unpaired) electrons. The predicted molar refractivity (Wildman–Crippen MR) is 68.4 cm³/mol. The van der Waals surface area contributed by atoms with Crippen LogP contribution in [0, 0.1) is 11.3 Å². The molecule has 0 atom stereocenters. The fourth-order valence-corrected chi connectivity index (χ4v) is 2.73. The third kappa shape index (κ3) is 2.50. The van der Waals surface area contributed by atoms with E-state index in [0.717, 1.165) is 0 Å². The van der Waals surface area contributed by atoms with Gasteiger partial charge in [0.05, 0.1) is 5.56 Å². The largest absolute Gasteiger partial charge is 0.280 e. The first-order valence-corrected chi connectivity index (χ1v) is 6.69. The Bertz CT molecular complexity index is 688. The number of para-hydroxylation sites is 1. The second-order valence-corrected chi connectivity index (χ2v) is 5.23. The third-order valence-electron chi connectivity index (χ3n) is 2.32. The maximum absolute atomic E-state index is 12.1. The van der Waals surface area contributed by atoms with Crippen molar-refractivity contribution in [1.29, 1.82) is 5.26 Å². The molecule has 0 heterocycles. The average Bonchev–Trinajstić information content (AvgIpc) is 2.39. The molecule has 90 valence electrons. The van der Waals surface area contributed by atoms with Crippen molar-refractivity contribution in [3.63, 3.8) is 0 Å². The van der Waals surface area contributed by atoms with Crippen molar-refractivity contribution in [1.82, 2.24) is 0 Å². The van der Waals surface area contributed by atoms with Crippen LogP contribution in [0.2, 0.25) is 0 Å². The maximum atomic E-state index is 12.1. The molecule has 2 rings (SSSR count). The van der Waals surface area contributed by atoms with E-state index < -0.39 is 10.0 Å². The molecular formula is C13H10N2O2S. The molecule has 0 aliphatic heterocycles. The molecular weight excluding hydrogens is 248 g/mol. The van der Waals surface area contributed by atoms with Gasteiger partial charge in [-0.3, -0.25) is 4.72 Å². The summed E-state index contributed by atoms with van der Waals surface area (Å²) >= 11 is 0. The van der Waals surface area contributed by atoms with Gasteiger partial charge < -0.3 is 0 Å². The Morgan fingerprint density at radius 3 is 2.22 bits per heavy atom. The van der Waals surface area contributed by atoms with Gasteiger partial charge >= 0.3 is 0 Å². The van der Waals surface area contributed by atoms with Gasteiger partial charge in [-0.1, -0.05) is 30.3 Å². The van der Waals surface area contributed by atoms with Gasteiger partial charge in [-0.15, -0.1) is 0 Å². The second-order valence-electron chi connectivity index (χ2n) is 3.58. The van der Waals surface area contributed by atoms with Crippen LogP contribution in [-0.4, -0.2) is 8.42 Å². The summed E-state index contributed by atoms with van der Waals surface area (Å²) in [7, 11) is -3.73. The first-order valence-electron chi connectivity index (χ1n) is 5.20. The fraction of sp³-hybridized carbons (Fsp3) is 0. The highest BCUT2D eigenvalue weighted by atomic mass is 32.2. The quantitative estimate of drug-likeness (QED) is 0.918. The topological polar surface area (TPSA) is 70.0 Å². The van der Waals surface area contributed by atoms with Crippen LogP contribution in [0.1, 0.15) is 5.56 Å². The van der Waals surface area contributed by atoms with Gasteiger partial charge in [0.2, 0.25) is 0 Å². The smallest absolute Gasteiger partial charge is 0.263 e. The van der Waals surface area contributed by atoms with Crippen LogP contribution in [0.15, 0.2) is 59.5 Å². The van der Waals surface area contributed by atoms with Crippen molar-refractivity contribution in [2.24, 2.45) is 0 Å². The Kier molecular flexibility index (Phi) is 3.31. The van der Waals surface area contributed by atoms with E-state index in [9.17, 15) is 8.42 Å². The lowest BCUT2D eigenvalue weighted by Gasteiger charge is -2.08. The van der Waals surface area contributed by atoms with Crippen molar-refractivity contribution >= 4 is 15.7 Å². The Hall–Kier alpha value is -2.32. The zero-order valence-corrected chi connectivity index (χ0v) is 10.2. The van der Waals surface area contributed by atoms with E-state index in [4.69, 9.17) is 5.26 Å². The predicted octanol–water partition coefficient (Wildman–Crippen LogP) is 2.36. The van der Waals surface area contributed by atoms with Gasteiger partial charge in [-0.25, -0.2) is 8.42 Å². The molecule has 0 unspecified atom stereocenters. The van der Waals surface area contributed by atoms with Crippen molar-refractivity contribution in [3.8, 4) is 6.07 Å². The van der Waals surface area contributed by atoms with Gasteiger partial charge in [-0.05, 0) is 24.3 Å². The Morgan fingerprint density at radius 2 is 1.56 bits per heavy atom. The highest BCUT2D eigenvalue weighted by Crippen LogP contribution is 2.18. The molecule has 0 amide bonds. The lowest BCUT2D eigenvalue weighted by Crippen LogP contribution is -2.14.